The van der Waals surface area contributed by atoms with E-state index in [2.05, 4.69) is 29.1 Å². The molecule has 0 amide bonds. The molecule has 0 bridgehead atoms. The van der Waals surface area contributed by atoms with Crippen molar-refractivity contribution in [3.05, 3.63) is 52.9 Å². The Kier molecular flexibility index (Phi) is 3.28. The Labute approximate surface area is 123 Å². The Balaban J connectivity index is 2.20. The molecule has 0 spiro atoms. The maximum absolute atomic E-state index is 6.39. The van der Waals surface area contributed by atoms with E-state index in [0.717, 1.165) is 21.5 Å². The second-order valence-electron chi connectivity index (χ2n) is 5.22. The highest BCUT2D eigenvalue weighted by atomic mass is 35.5. The first kappa shape index (κ1) is 13.2. The maximum Gasteiger partial charge on any atom is 0.0649 e. The van der Waals surface area contributed by atoms with E-state index in [4.69, 9.17) is 11.6 Å². The first-order valence-corrected chi connectivity index (χ1v) is 6.86. The molecule has 0 radical (unpaired) electrons. The average molecular weight is 289 g/mol. The largest absolute Gasteiger partial charge is 0.361 e. The summed E-state index contributed by atoms with van der Waals surface area (Å²) in [6.07, 6.45) is 5.98. The highest BCUT2D eigenvalue weighted by Gasteiger charge is 2.22. The normalized spacial score (nSPS) is 13.2. The van der Waals surface area contributed by atoms with Gasteiger partial charge in [-0.25, -0.2) is 0 Å². The van der Waals surface area contributed by atoms with Crippen LogP contribution in [0.4, 0.5) is 0 Å². The second-order valence-corrected chi connectivity index (χ2v) is 5.63. The molecule has 2 aromatic heterocycles. The summed E-state index contributed by atoms with van der Waals surface area (Å²) in [6.45, 7) is 0. The van der Waals surface area contributed by atoms with Gasteiger partial charge in [-0.05, 0) is 26.2 Å². The molecule has 104 valence electrons. The van der Waals surface area contributed by atoms with E-state index in [0.29, 0.717) is 0 Å². The molecule has 1 atom stereocenters. The molecule has 1 aromatic carbocycles. The fourth-order valence-corrected chi connectivity index (χ4v) is 3.00. The van der Waals surface area contributed by atoms with Crippen LogP contribution in [0.25, 0.3) is 10.9 Å². The Hall–Kier alpha value is -1.78. The lowest BCUT2D eigenvalue weighted by Crippen LogP contribution is -2.20. The molecule has 5 heteroatoms. The fourth-order valence-electron chi connectivity index (χ4n) is 2.72. The minimum Gasteiger partial charge on any atom is -0.361 e. The Morgan fingerprint density at radius 3 is 2.80 bits per heavy atom. The Bertz CT molecular complexity index is 741. The van der Waals surface area contributed by atoms with Crippen molar-refractivity contribution < 1.29 is 0 Å². The van der Waals surface area contributed by atoms with Crippen molar-refractivity contribution in [3.8, 4) is 0 Å². The molecular formula is C15H17ClN4. The van der Waals surface area contributed by atoms with E-state index in [9.17, 15) is 0 Å². The zero-order valence-corrected chi connectivity index (χ0v) is 12.5. The number of aromatic amines is 1. The van der Waals surface area contributed by atoms with Crippen molar-refractivity contribution >= 4 is 22.5 Å². The van der Waals surface area contributed by atoms with Gasteiger partial charge in [0.25, 0.3) is 0 Å². The molecule has 2 heterocycles. The van der Waals surface area contributed by atoms with E-state index in [1.807, 2.05) is 48.5 Å². The molecule has 0 aliphatic carbocycles. The van der Waals surface area contributed by atoms with Gasteiger partial charge >= 0.3 is 0 Å². The molecule has 0 aliphatic rings. The number of H-pyrrole nitrogens is 1. The molecule has 0 fully saturated rings. The summed E-state index contributed by atoms with van der Waals surface area (Å²) in [5.74, 6) is 0. The van der Waals surface area contributed by atoms with E-state index < -0.39 is 0 Å². The SMILES string of the molecule is CN(C)C(c1cnn(C)c1)c1c[nH]c2cccc(Cl)c12. The third-order valence-electron chi connectivity index (χ3n) is 3.54. The van der Waals surface area contributed by atoms with E-state index in [-0.39, 0.29) is 6.04 Å². The van der Waals surface area contributed by atoms with E-state index in [1.165, 1.54) is 5.56 Å². The molecule has 0 saturated carbocycles. The number of nitrogens with one attached hydrogen (secondary N) is 1. The fraction of sp³-hybridized carbons (Fsp3) is 0.267. The monoisotopic (exact) mass is 288 g/mol. The molecular weight excluding hydrogens is 272 g/mol. The van der Waals surface area contributed by atoms with Crippen LogP contribution in [0.2, 0.25) is 5.02 Å². The molecule has 3 rings (SSSR count). The number of benzene rings is 1. The van der Waals surface area contributed by atoms with Gasteiger partial charge in [0.15, 0.2) is 0 Å². The smallest absolute Gasteiger partial charge is 0.0649 e. The van der Waals surface area contributed by atoms with Crippen LogP contribution in [0.3, 0.4) is 0 Å². The number of fused-ring (bicyclic) bond motifs is 1. The van der Waals surface area contributed by atoms with Crippen molar-refractivity contribution in [1.82, 2.24) is 19.7 Å². The summed E-state index contributed by atoms with van der Waals surface area (Å²) < 4.78 is 1.82. The van der Waals surface area contributed by atoms with Gasteiger partial charge in [0.2, 0.25) is 0 Å². The predicted molar refractivity (Wildman–Crippen MR) is 82.0 cm³/mol. The molecule has 1 unspecified atom stereocenters. The standard InChI is InChI=1S/C15H17ClN4/c1-19(2)15(10-7-18-20(3)9-10)11-8-17-13-6-4-5-12(16)14(11)13/h4-9,15,17H,1-3H3. The number of rotatable bonds is 3. The average Bonchev–Trinajstić information content (AvgIpc) is 2.98. The number of hydrogen-bond donors (Lipinski definition) is 1. The lowest BCUT2D eigenvalue weighted by Gasteiger charge is -2.23. The topological polar surface area (TPSA) is 36.9 Å². The van der Waals surface area contributed by atoms with E-state index in [1.54, 1.807) is 0 Å². The van der Waals surface area contributed by atoms with Crippen LogP contribution in [0, 0.1) is 0 Å². The molecule has 0 aliphatic heterocycles. The van der Waals surface area contributed by atoms with Gasteiger partial charge in [-0.15, -0.1) is 0 Å². The van der Waals surface area contributed by atoms with Crippen molar-refractivity contribution in [2.24, 2.45) is 7.05 Å². The van der Waals surface area contributed by atoms with Crippen LogP contribution in [0.5, 0.6) is 0 Å². The first-order valence-electron chi connectivity index (χ1n) is 6.48. The first-order chi connectivity index (χ1) is 9.58. The number of nitrogens with zero attached hydrogens (tertiary/aromatic N) is 3. The number of aryl methyl sites for hydroxylation is 1. The Morgan fingerprint density at radius 1 is 1.35 bits per heavy atom. The van der Waals surface area contributed by atoms with Gasteiger partial charge in [-0.3, -0.25) is 9.58 Å². The van der Waals surface area contributed by atoms with Crippen LogP contribution in [0.15, 0.2) is 36.8 Å². The van der Waals surface area contributed by atoms with Gasteiger partial charge in [-0.1, -0.05) is 17.7 Å². The van der Waals surface area contributed by atoms with Crippen LogP contribution < -0.4 is 0 Å². The van der Waals surface area contributed by atoms with Gasteiger partial charge in [0.05, 0.1) is 17.3 Å². The third kappa shape index (κ3) is 2.11. The molecule has 20 heavy (non-hydrogen) atoms. The van der Waals surface area contributed by atoms with Crippen molar-refractivity contribution in [2.75, 3.05) is 14.1 Å². The van der Waals surface area contributed by atoms with Gasteiger partial charge in [0, 0.05) is 41.5 Å². The van der Waals surface area contributed by atoms with E-state index >= 15 is 0 Å². The van der Waals surface area contributed by atoms with Crippen molar-refractivity contribution in [3.63, 3.8) is 0 Å². The van der Waals surface area contributed by atoms with Crippen LogP contribution in [0.1, 0.15) is 17.2 Å². The molecule has 0 saturated heterocycles. The van der Waals surface area contributed by atoms with Crippen LogP contribution >= 0.6 is 11.6 Å². The zero-order chi connectivity index (χ0) is 14.3. The third-order valence-corrected chi connectivity index (χ3v) is 3.85. The quantitative estimate of drug-likeness (QED) is 0.803. The number of aromatic nitrogens is 3. The summed E-state index contributed by atoms with van der Waals surface area (Å²) in [6, 6.07) is 6.05. The summed E-state index contributed by atoms with van der Waals surface area (Å²) in [5, 5.41) is 6.13. The van der Waals surface area contributed by atoms with Crippen molar-refractivity contribution in [1.29, 1.82) is 0 Å². The molecule has 3 aromatic rings. The predicted octanol–water partition coefficient (Wildman–Crippen LogP) is 3.21. The lowest BCUT2D eigenvalue weighted by atomic mass is 10.00. The Morgan fingerprint density at radius 2 is 2.15 bits per heavy atom. The summed E-state index contributed by atoms with van der Waals surface area (Å²) in [4.78, 5) is 5.47. The second kappa shape index (κ2) is 4.96. The minimum atomic E-state index is 0.123. The highest BCUT2D eigenvalue weighted by Crippen LogP contribution is 2.35. The number of hydrogen-bond acceptors (Lipinski definition) is 2. The van der Waals surface area contributed by atoms with Gasteiger partial charge in [0.1, 0.15) is 0 Å². The van der Waals surface area contributed by atoms with Crippen molar-refractivity contribution in [2.45, 2.75) is 6.04 Å². The minimum absolute atomic E-state index is 0.123. The maximum atomic E-state index is 6.39. The van der Waals surface area contributed by atoms with Crippen LogP contribution in [-0.4, -0.2) is 33.8 Å². The zero-order valence-electron chi connectivity index (χ0n) is 11.8. The summed E-state index contributed by atoms with van der Waals surface area (Å²) >= 11 is 6.39. The molecule has 4 nitrogen and oxygen atoms in total. The lowest BCUT2D eigenvalue weighted by molar-refractivity contribution is 0.344. The number of halogens is 1. The van der Waals surface area contributed by atoms with Gasteiger partial charge in [-0.2, -0.15) is 5.10 Å². The van der Waals surface area contributed by atoms with Crippen LogP contribution in [-0.2, 0) is 7.05 Å². The summed E-state index contributed by atoms with van der Waals surface area (Å²) in [7, 11) is 6.05. The summed E-state index contributed by atoms with van der Waals surface area (Å²) in [5.41, 5.74) is 3.38. The van der Waals surface area contributed by atoms with Gasteiger partial charge < -0.3 is 4.98 Å². The molecule has 1 N–H and O–H groups in total. The highest BCUT2D eigenvalue weighted by molar-refractivity contribution is 6.35.